The van der Waals surface area contributed by atoms with Crippen molar-refractivity contribution in [2.24, 2.45) is 7.05 Å². The van der Waals surface area contributed by atoms with Crippen LogP contribution in [0.3, 0.4) is 0 Å². The van der Waals surface area contributed by atoms with Crippen LogP contribution in [0.1, 0.15) is 11.5 Å². The maximum Gasteiger partial charge on any atom is 0.231 e. The maximum atomic E-state index is 9.62. The number of nitriles is 1. The summed E-state index contributed by atoms with van der Waals surface area (Å²) in [6, 6.07) is 10.1. The van der Waals surface area contributed by atoms with Crippen LogP contribution in [0.4, 0.5) is 17.2 Å². The maximum absolute atomic E-state index is 9.62. The number of nitrogen functional groups attached to an aromatic ring is 1. The summed E-state index contributed by atoms with van der Waals surface area (Å²) in [5.74, 6) is 3.35. The van der Waals surface area contributed by atoms with Crippen molar-refractivity contribution >= 4 is 17.2 Å². The highest BCUT2D eigenvalue weighted by Gasteiger charge is 2.25. The summed E-state index contributed by atoms with van der Waals surface area (Å²) in [6.07, 6.45) is 3.66. The third-order valence-corrected chi connectivity index (χ3v) is 5.73. The lowest BCUT2D eigenvalue weighted by Gasteiger charge is -2.38. The Labute approximate surface area is 174 Å². The van der Waals surface area contributed by atoms with Gasteiger partial charge in [0.15, 0.2) is 11.5 Å². The van der Waals surface area contributed by atoms with Crippen LogP contribution < -0.4 is 25.0 Å². The van der Waals surface area contributed by atoms with Gasteiger partial charge in [0.25, 0.3) is 0 Å². The average Bonchev–Trinajstić information content (AvgIpc) is 3.47. The van der Waals surface area contributed by atoms with Crippen molar-refractivity contribution in [1.29, 1.82) is 5.26 Å². The molecule has 9 nitrogen and oxygen atoms in total. The fraction of sp³-hybridized carbons (Fsp3) is 0.333. The molecule has 2 N–H and O–H groups in total. The summed E-state index contributed by atoms with van der Waals surface area (Å²) < 4.78 is 14.8. The third kappa shape index (κ3) is 3.06. The van der Waals surface area contributed by atoms with E-state index in [1.54, 1.807) is 12.3 Å². The van der Waals surface area contributed by atoms with Crippen LogP contribution in [-0.2, 0) is 13.6 Å². The van der Waals surface area contributed by atoms with E-state index in [-0.39, 0.29) is 6.79 Å². The zero-order valence-corrected chi connectivity index (χ0v) is 16.8. The Morgan fingerprint density at radius 2 is 1.87 bits per heavy atom. The Bertz CT molecular complexity index is 1120. The monoisotopic (exact) mass is 405 g/mol. The molecule has 30 heavy (non-hydrogen) atoms. The summed E-state index contributed by atoms with van der Waals surface area (Å²) >= 11 is 0. The average molecular weight is 405 g/mol. The number of anilines is 3. The zero-order chi connectivity index (χ0) is 20.7. The molecule has 2 aliphatic rings. The van der Waals surface area contributed by atoms with Gasteiger partial charge in [0.05, 0.1) is 12.2 Å². The number of hydrogen-bond donors (Lipinski definition) is 1. The fourth-order valence-corrected chi connectivity index (χ4v) is 4.11. The number of imidazole rings is 1. The summed E-state index contributed by atoms with van der Waals surface area (Å²) in [5, 5.41) is 9.62. The SMILES string of the molecule is Cn1ccnc1Cn1c(C#N)cc(N)c1N1CCN(c2ccc3c(c2)OCO3)CC1. The highest BCUT2D eigenvalue weighted by molar-refractivity contribution is 5.69. The molecule has 2 aliphatic heterocycles. The summed E-state index contributed by atoms with van der Waals surface area (Å²) in [7, 11) is 1.95. The summed E-state index contributed by atoms with van der Waals surface area (Å²) in [6.45, 7) is 4.06. The van der Waals surface area contributed by atoms with E-state index in [1.165, 1.54) is 0 Å². The van der Waals surface area contributed by atoms with Crippen LogP contribution in [0.15, 0.2) is 36.7 Å². The largest absolute Gasteiger partial charge is 0.454 e. The van der Waals surface area contributed by atoms with Crippen LogP contribution >= 0.6 is 0 Å². The van der Waals surface area contributed by atoms with Gasteiger partial charge in [0.2, 0.25) is 6.79 Å². The van der Waals surface area contributed by atoms with Crippen LogP contribution in [0.25, 0.3) is 0 Å². The summed E-state index contributed by atoms with van der Waals surface area (Å²) in [4.78, 5) is 8.98. The van der Waals surface area contributed by atoms with Crippen molar-refractivity contribution in [3.05, 3.63) is 48.2 Å². The van der Waals surface area contributed by atoms with Gasteiger partial charge in [-0.1, -0.05) is 0 Å². The first-order valence-electron chi connectivity index (χ1n) is 9.89. The lowest BCUT2D eigenvalue weighted by Crippen LogP contribution is -2.47. The molecule has 3 aromatic rings. The van der Waals surface area contributed by atoms with Gasteiger partial charge < -0.3 is 34.1 Å². The number of aromatic nitrogens is 3. The number of benzene rings is 1. The molecule has 2 aromatic heterocycles. The molecule has 0 bridgehead atoms. The lowest BCUT2D eigenvalue weighted by atomic mass is 10.2. The van der Waals surface area contributed by atoms with E-state index in [1.807, 2.05) is 34.5 Å². The molecule has 0 aliphatic carbocycles. The van der Waals surface area contributed by atoms with Crippen molar-refractivity contribution in [2.45, 2.75) is 6.54 Å². The minimum atomic E-state index is 0.278. The standard InChI is InChI=1S/C21H23N7O2/c1-25-5-4-24-20(25)13-28-16(12-22)10-17(23)21(28)27-8-6-26(7-9-27)15-2-3-18-19(11-15)30-14-29-18/h2-5,10-11H,6-9,13-14,23H2,1H3. The third-order valence-electron chi connectivity index (χ3n) is 5.73. The summed E-state index contributed by atoms with van der Waals surface area (Å²) in [5.41, 5.74) is 8.62. The van der Waals surface area contributed by atoms with E-state index < -0.39 is 0 Å². The highest BCUT2D eigenvalue weighted by Crippen LogP contribution is 2.36. The van der Waals surface area contributed by atoms with Gasteiger partial charge >= 0.3 is 0 Å². The Morgan fingerprint density at radius 3 is 2.60 bits per heavy atom. The number of piperazine rings is 1. The smallest absolute Gasteiger partial charge is 0.231 e. The molecule has 0 atom stereocenters. The van der Waals surface area contributed by atoms with Crippen molar-refractivity contribution < 1.29 is 9.47 Å². The van der Waals surface area contributed by atoms with Crippen LogP contribution in [0.2, 0.25) is 0 Å². The van der Waals surface area contributed by atoms with E-state index in [0.717, 1.165) is 55.0 Å². The molecule has 4 heterocycles. The Morgan fingerprint density at radius 1 is 1.10 bits per heavy atom. The van der Waals surface area contributed by atoms with E-state index in [9.17, 15) is 5.26 Å². The minimum Gasteiger partial charge on any atom is -0.454 e. The molecular formula is C21H23N7O2. The second kappa shape index (κ2) is 7.22. The normalized spacial score (nSPS) is 15.5. The van der Waals surface area contributed by atoms with Crippen LogP contribution in [0, 0.1) is 11.3 Å². The number of ether oxygens (including phenoxy) is 2. The topological polar surface area (TPSA) is 97.5 Å². The van der Waals surface area contributed by atoms with Crippen LogP contribution in [0.5, 0.6) is 11.5 Å². The second-order valence-corrected chi connectivity index (χ2v) is 7.47. The minimum absolute atomic E-state index is 0.278. The van der Waals surface area contributed by atoms with Crippen molar-refractivity contribution in [3.8, 4) is 17.6 Å². The molecule has 5 rings (SSSR count). The van der Waals surface area contributed by atoms with Gasteiger partial charge in [-0.15, -0.1) is 0 Å². The number of fused-ring (bicyclic) bond motifs is 1. The molecule has 0 unspecified atom stereocenters. The Balaban J connectivity index is 1.36. The molecule has 0 saturated carbocycles. The van der Waals surface area contributed by atoms with Crippen molar-refractivity contribution in [3.63, 3.8) is 0 Å². The molecule has 1 aromatic carbocycles. The number of aryl methyl sites for hydroxylation is 1. The highest BCUT2D eigenvalue weighted by atomic mass is 16.7. The predicted molar refractivity (Wildman–Crippen MR) is 113 cm³/mol. The zero-order valence-electron chi connectivity index (χ0n) is 16.8. The second-order valence-electron chi connectivity index (χ2n) is 7.47. The molecule has 1 saturated heterocycles. The quantitative estimate of drug-likeness (QED) is 0.707. The molecule has 154 valence electrons. The lowest BCUT2D eigenvalue weighted by molar-refractivity contribution is 0.174. The Hall–Kier alpha value is -3.80. The fourth-order valence-electron chi connectivity index (χ4n) is 4.11. The molecule has 0 radical (unpaired) electrons. The molecule has 1 fully saturated rings. The van der Waals surface area contributed by atoms with Crippen LogP contribution in [-0.4, -0.2) is 47.1 Å². The van der Waals surface area contributed by atoms with Gasteiger partial charge in [0.1, 0.15) is 23.4 Å². The van der Waals surface area contributed by atoms with E-state index >= 15 is 0 Å². The van der Waals surface area contributed by atoms with Crippen molar-refractivity contribution in [1.82, 2.24) is 14.1 Å². The van der Waals surface area contributed by atoms with Gasteiger partial charge in [-0.05, 0) is 18.2 Å². The molecule has 0 spiro atoms. The van der Waals surface area contributed by atoms with Gasteiger partial charge in [-0.3, -0.25) is 0 Å². The molecule has 9 heteroatoms. The first-order valence-corrected chi connectivity index (χ1v) is 9.89. The molecular weight excluding hydrogens is 382 g/mol. The number of nitrogens with zero attached hydrogens (tertiary/aromatic N) is 6. The van der Waals surface area contributed by atoms with Crippen molar-refractivity contribution in [2.75, 3.05) is 48.5 Å². The van der Waals surface area contributed by atoms with E-state index in [2.05, 4.69) is 26.9 Å². The number of rotatable bonds is 4. The predicted octanol–water partition coefficient (Wildman–Crippen LogP) is 1.78. The first kappa shape index (κ1) is 18.2. The van der Waals surface area contributed by atoms with Gasteiger partial charge in [-0.25, -0.2) is 4.98 Å². The first-order chi connectivity index (χ1) is 14.6. The Kier molecular flexibility index (Phi) is 4.39. The van der Waals surface area contributed by atoms with E-state index in [0.29, 0.717) is 17.9 Å². The molecule has 0 amide bonds. The number of hydrogen-bond acceptors (Lipinski definition) is 7. The number of nitrogens with two attached hydrogens (primary N) is 1. The van der Waals surface area contributed by atoms with E-state index in [4.69, 9.17) is 15.2 Å². The van der Waals surface area contributed by atoms with Gasteiger partial charge in [-0.2, -0.15) is 5.26 Å². The van der Waals surface area contributed by atoms with Gasteiger partial charge in [0, 0.05) is 57.4 Å².